The third-order valence-corrected chi connectivity index (χ3v) is 4.53. The van der Waals surface area contributed by atoms with Crippen molar-refractivity contribution in [3.05, 3.63) is 87.8 Å². The molecular formula is C21H11F5O4. The van der Waals surface area contributed by atoms with E-state index in [0.29, 0.717) is 11.3 Å². The summed E-state index contributed by atoms with van der Waals surface area (Å²) in [4.78, 5) is 12.5. The van der Waals surface area contributed by atoms with Gasteiger partial charge in [0.15, 0.2) is 29.0 Å². The van der Waals surface area contributed by atoms with Crippen LogP contribution in [-0.2, 0) is 6.61 Å². The quantitative estimate of drug-likeness (QED) is 0.242. The smallest absolute Gasteiger partial charge is 0.232 e. The summed E-state index contributed by atoms with van der Waals surface area (Å²) in [6, 6.07) is 5.98. The van der Waals surface area contributed by atoms with Gasteiger partial charge in [-0.05, 0) is 31.2 Å². The molecule has 4 rings (SSSR count). The number of carbonyl (C=O) groups is 1. The van der Waals surface area contributed by atoms with Crippen molar-refractivity contribution in [3.63, 3.8) is 0 Å². The highest BCUT2D eigenvalue weighted by Gasteiger charge is 2.31. The van der Waals surface area contributed by atoms with Crippen LogP contribution in [0.15, 0.2) is 40.7 Å². The van der Waals surface area contributed by atoms with Crippen LogP contribution in [0.2, 0.25) is 0 Å². The molecule has 0 aliphatic carbocycles. The molecule has 0 radical (unpaired) electrons. The fourth-order valence-corrected chi connectivity index (χ4v) is 2.95. The van der Waals surface area contributed by atoms with Crippen LogP contribution in [0.5, 0.6) is 11.5 Å². The van der Waals surface area contributed by atoms with Crippen LogP contribution in [-0.4, -0.2) is 5.78 Å². The van der Waals surface area contributed by atoms with Gasteiger partial charge in [0.1, 0.15) is 23.9 Å². The average molecular weight is 422 g/mol. The highest BCUT2D eigenvalue weighted by atomic mass is 19.2. The Kier molecular flexibility index (Phi) is 4.81. The maximum absolute atomic E-state index is 13.8. The van der Waals surface area contributed by atoms with Gasteiger partial charge in [-0.1, -0.05) is 0 Å². The van der Waals surface area contributed by atoms with Crippen LogP contribution in [0, 0.1) is 36.0 Å². The molecule has 0 amide bonds. The highest BCUT2D eigenvalue weighted by Crippen LogP contribution is 2.39. The Morgan fingerprint density at radius 3 is 2.27 bits per heavy atom. The van der Waals surface area contributed by atoms with Crippen LogP contribution >= 0.6 is 0 Å². The van der Waals surface area contributed by atoms with Crippen molar-refractivity contribution in [2.75, 3.05) is 0 Å². The van der Waals surface area contributed by atoms with Gasteiger partial charge in [-0.15, -0.1) is 0 Å². The van der Waals surface area contributed by atoms with E-state index in [1.54, 1.807) is 12.1 Å². The minimum Gasteiger partial charge on any atom is -0.488 e. The van der Waals surface area contributed by atoms with Gasteiger partial charge >= 0.3 is 0 Å². The summed E-state index contributed by atoms with van der Waals surface area (Å²) in [7, 11) is 0. The van der Waals surface area contributed by atoms with E-state index in [1.165, 1.54) is 31.4 Å². The van der Waals surface area contributed by atoms with Crippen molar-refractivity contribution in [2.24, 2.45) is 0 Å². The Bertz CT molecular complexity index is 1170. The Morgan fingerprint density at radius 2 is 1.63 bits per heavy atom. The molecule has 1 aliphatic rings. The SMILES string of the molecule is Cc1c(OCc2c(F)c(F)c(F)c(F)c2F)ccc2c1O/C(=C\c1ccco1)C2=O. The van der Waals surface area contributed by atoms with Gasteiger partial charge in [0.2, 0.25) is 11.6 Å². The summed E-state index contributed by atoms with van der Waals surface area (Å²) in [6.07, 6.45) is 2.83. The molecule has 0 saturated carbocycles. The number of ketones is 1. The number of ether oxygens (including phenoxy) is 2. The summed E-state index contributed by atoms with van der Waals surface area (Å²) in [5.74, 6) is -10.1. The van der Waals surface area contributed by atoms with E-state index in [2.05, 4.69) is 0 Å². The monoisotopic (exact) mass is 422 g/mol. The standard InChI is InChI=1S/C21H11F5O4/c1-9-13(29-8-12-15(22)17(24)19(26)18(25)16(12)23)5-4-11-20(27)14(30-21(9)11)7-10-3-2-6-28-10/h2-7H,8H2,1H3/b14-7-. The maximum atomic E-state index is 13.8. The molecule has 9 heteroatoms. The van der Waals surface area contributed by atoms with Crippen LogP contribution in [0.1, 0.15) is 27.2 Å². The van der Waals surface area contributed by atoms with Gasteiger partial charge in [0, 0.05) is 11.6 Å². The van der Waals surface area contributed by atoms with E-state index in [1.807, 2.05) is 0 Å². The number of carbonyl (C=O) groups excluding carboxylic acids is 1. The van der Waals surface area contributed by atoms with Crippen LogP contribution < -0.4 is 9.47 Å². The van der Waals surface area contributed by atoms with E-state index in [9.17, 15) is 26.7 Å². The fourth-order valence-electron chi connectivity index (χ4n) is 2.95. The van der Waals surface area contributed by atoms with Crippen LogP contribution in [0.25, 0.3) is 6.08 Å². The zero-order chi connectivity index (χ0) is 21.6. The first-order valence-corrected chi connectivity index (χ1v) is 8.54. The number of furan rings is 1. The summed E-state index contributed by atoms with van der Waals surface area (Å²) >= 11 is 0. The number of rotatable bonds is 4. The third-order valence-electron chi connectivity index (χ3n) is 4.53. The molecule has 0 saturated heterocycles. The molecule has 0 spiro atoms. The van der Waals surface area contributed by atoms with Crippen molar-refractivity contribution in [1.82, 2.24) is 0 Å². The molecule has 2 heterocycles. The predicted octanol–water partition coefficient (Wildman–Crippen LogP) is 5.48. The summed E-state index contributed by atoms with van der Waals surface area (Å²) in [5, 5.41) is 0. The first kappa shape index (κ1) is 19.7. The third kappa shape index (κ3) is 3.12. The van der Waals surface area contributed by atoms with Gasteiger partial charge in [-0.25, -0.2) is 22.0 Å². The van der Waals surface area contributed by atoms with E-state index in [4.69, 9.17) is 13.9 Å². The average Bonchev–Trinajstić information content (AvgIpc) is 3.35. The van der Waals surface area contributed by atoms with E-state index in [0.717, 1.165) is 0 Å². The Labute approximate surface area is 166 Å². The van der Waals surface area contributed by atoms with E-state index >= 15 is 0 Å². The predicted molar refractivity (Wildman–Crippen MR) is 93.4 cm³/mol. The molecule has 0 N–H and O–H groups in total. The molecule has 4 nitrogen and oxygen atoms in total. The number of fused-ring (bicyclic) bond motifs is 1. The topological polar surface area (TPSA) is 48.7 Å². The lowest BCUT2D eigenvalue weighted by Crippen LogP contribution is -2.10. The lowest BCUT2D eigenvalue weighted by Gasteiger charge is -2.13. The highest BCUT2D eigenvalue weighted by molar-refractivity contribution is 6.14. The number of allylic oxidation sites excluding steroid dienone is 1. The lowest BCUT2D eigenvalue weighted by molar-refractivity contribution is 0.101. The molecule has 0 atom stereocenters. The fraction of sp³-hybridized carbons (Fsp3) is 0.0952. The van der Waals surface area contributed by atoms with Crippen LogP contribution in [0.4, 0.5) is 22.0 Å². The first-order chi connectivity index (χ1) is 14.3. The Balaban J connectivity index is 1.62. The second-order valence-electron chi connectivity index (χ2n) is 6.36. The van der Waals surface area contributed by atoms with E-state index in [-0.39, 0.29) is 22.8 Å². The van der Waals surface area contributed by atoms with Gasteiger partial charge in [0.05, 0.1) is 17.4 Å². The van der Waals surface area contributed by atoms with Crippen molar-refractivity contribution in [1.29, 1.82) is 0 Å². The molecule has 30 heavy (non-hydrogen) atoms. The summed E-state index contributed by atoms with van der Waals surface area (Å²) < 4.78 is 83.5. The maximum Gasteiger partial charge on any atom is 0.232 e. The normalized spacial score (nSPS) is 14.2. The molecular weight excluding hydrogens is 411 g/mol. The van der Waals surface area contributed by atoms with Crippen LogP contribution in [0.3, 0.4) is 0 Å². The molecule has 0 unspecified atom stereocenters. The van der Waals surface area contributed by atoms with Crippen molar-refractivity contribution in [2.45, 2.75) is 13.5 Å². The number of Topliss-reactive ketones (excluding diaryl/α,β-unsaturated/α-hetero) is 1. The van der Waals surface area contributed by atoms with Gasteiger partial charge in [-0.3, -0.25) is 4.79 Å². The van der Waals surface area contributed by atoms with Gasteiger partial charge < -0.3 is 13.9 Å². The summed E-state index contributed by atoms with van der Waals surface area (Å²) in [5.41, 5.74) is -0.567. The number of hydrogen-bond acceptors (Lipinski definition) is 4. The second-order valence-corrected chi connectivity index (χ2v) is 6.36. The number of halogens is 5. The van der Waals surface area contributed by atoms with Gasteiger partial charge in [0.25, 0.3) is 0 Å². The first-order valence-electron chi connectivity index (χ1n) is 8.54. The largest absolute Gasteiger partial charge is 0.488 e. The van der Waals surface area contributed by atoms with Crippen molar-refractivity contribution >= 4 is 11.9 Å². The Hall–Kier alpha value is -3.62. The number of hydrogen-bond donors (Lipinski definition) is 0. The molecule has 0 fully saturated rings. The zero-order valence-electron chi connectivity index (χ0n) is 15.2. The van der Waals surface area contributed by atoms with Crippen molar-refractivity contribution < 1.29 is 40.6 Å². The molecule has 3 aromatic rings. The molecule has 2 aromatic carbocycles. The van der Waals surface area contributed by atoms with Gasteiger partial charge in [-0.2, -0.15) is 0 Å². The van der Waals surface area contributed by atoms with Crippen molar-refractivity contribution in [3.8, 4) is 11.5 Å². The minimum absolute atomic E-state index is 0.0000318. The molecule has 1 aromatic heterocycles. The minimum atomic E-state index is -2.25. The molecule has 154 valence electrons. The summed E-state index contributed by atoms with van der Waals surface area (Å²) in [6.45, 7) is 0.601. The number of benzene rings is 2. The molecule has 1 aliphatic heterocycles. The lowest BCUT2D eigenvalue weighted by atomic mass is 10.1. The zero-order valence-corrected chi connectivity index (χ0v) is 15.2. The second kappa shape index (κ2) is 7.33. The molecule has 0 bridgehead atoms. The van der Waals surface area contributed by atoms with E-state index < -0.39 is 47.0 Å². The Morgan fingerprint density at radius 1 is 0.967 bits per heavy atom.